The van der Waals surface area contributed by atoms with E-state index in [1.54, 1.807) is 17.0 Å². The van der Waals surface area contributed by atoms with Crippen LogP contribution in [-0.4, -0.2) is 67.1 Å². The van der Waals surface area contributed by atoms with Gasteiger partial charge in [0.15, 0.2) is 0 Å². The van der Waals surface area contributed by atoms with Crippen molar-refractivity contribution in [3.05, 3.63) is 29.8 Å². The minimum absolute atomic E-state index is 0.0550. The molecule has 7 heteroatoms. The van der Waals surface area contributed by atoms with Crippen LogP contribution in [0.25, 0.3) is 0 Å². The molecular formula is C17H23N3O3S. The quantitative estimate of drug-likeness (QED) is 0.855. The fraction of sp³-hybridized carbons (Fsp3) is 0.529. The van der Waals surface area contributed by atoms with Crippen molar-refractivity contribution in [3.8, 4) is 0 Å². The molecule has 2 amide bonds. The summed E-state index contributed by atoms with van der Waals surface area (Å²) in [6.45, 7) is 3.24. The van der Waals surface area contributed by atoms with Gasteiger partial charge >= 0.3 is 0 Å². The molecule has 0 bridgehead atoms. The largest absolute Gasteiger partial charge is 0.378 e. The Morgan fingerprint density at radius 2 is 2.08 bits per heavy atom. The number of hydrogen-bond acceptors (Lipinski definition) is 5. The van der Waals surface area contributed by atoms with E-state index in [1.807, 2.05) is 23.9 Å². The predicted octanol–water partition coefficient (Wildman–Crippen LogP) is 1.19. The summed E-state index contributed by atoms with van der Waals surface area (Å²) >= 11 is 1.86. The molecule has 2 saturated heterocycles. The molecule has 0 aliphatic carbocycles. The van der Waals surface area contributed by atoms with Crippen molar-refractivity contribution < 1.29 is 14.3 Å². The zero-order valence-corrected chi connectivity index (χ0v) is 14.4. The summed E-state index contributed by atoms with van der Waals surface area (Å²) in [4.78, 5) is 26.8. The highest BCUT2D eigenvalue weighted by Gasteiger charge is 2.22. The molecule has 2 fully saturated rings. The molecule has 0 radical (unpaired) electrons. The Morgan fingerprint density at radius 3 is 2.83 bits per heavy atom. The number of hydrogen-bond donors (Lipinski definition) is 2. The van der Waals surface area contributed by atoms with E-state index in [4.69, 9.17) is 4.74 Å². The first-order chi connectivity index (χ1) is 11.7. The van der Waals surface area contributed by atoms with Gasteiger partial charge in [-0.25, -0.2) is 0 Å². The third-order valence-corrected chi connectivity index (χ3v) is 5.29. The summed E-state index contributed by atoms with van der Waals surface area (Å²) in [6, 6.07) is 7.41. The Labute approximate surface area is 146 Å². The van der Waals surface area contributed by atoms with Crippen LogP contribution in [-0.2, 0) is 9.53 Å². The highest BCUT2D eigenvalue weighted by molar-refractivity contribution is 7.99. The van der Waals surface area contributed by atoms with Crippen LogP contribution in [0, 0.1) is 0 Å². The molecule has 0 aromatic heterocycles. The second kappa shape index (κ2) is 8.50. The fourth-order valence-corrected chi connectivity index (χ4v) is 3.84. The lowest BCUT2D eigenvalue weighted by molar-refractivity contribution is -0.116. The fourth-order valence-electron chi connectivity index (χ4n) is 2.89. The lowest BCUT2D eigenvalue weighted by Gasteiger charge is -2.27. The lowest BCUT2D eigenvalue weighted by atomic mass is 10.1. The number of thioether (sulfide) groups is 1. The van der Waals surface area contributed by atoms with Crippen molar-refractivity contribution in [1.82, 2.24) is 10.2 Å². The molecular weight excluding hydrogens is 326 g/mol. The van der Waals surface area contributed by atoms with Gasteiger partial charge in [0.25, 0.3) is 5.91 Å². The number of carbonyl (C=O) groups excluding carboxylic acids is 2. The summed E-state index contributed by atoms with van der Waals surface area (Å²) in [5.74, 6) is 1.93. The van der Waals surface area contributed by atoms with E-state index in [9.17, 15) is 9.59 Å². The Kier molecular flexibility index (Phi) is 6.12. The average Bonchev–Trinajstić information content (AvgIpc) is 2.63. The summed E-state index contributed by atoms with van der Waals surface area (Å²) in [7, 11) is 0. The van der Waals surface area contributed by atoms with Crippen LogP contribution in [0.1, 0.15) is 16.8 Å². The molecule has 6 nitrogen and oxygen atoms in total. The average molecular weight is 349 g/mol. The Hall–Kier alpha value is -1.57. The highest BCUT2D eigenvalue weighted by atomic mass is 32.2. The minimum Gasteiger partial charge on any atom is -0.378 e. The Morgan fingerprint density at radius 1 is 1.29 bits per heavy atom. The van der Waals surface area contributed by atoms with Gasteiger partial charge in [-0.3, -0.25) is 9.59 Å². The number of anilines is 1. The monoisotopic (exact) mass is 349 g/mol. The first-order valence-corrected chi connectivity index (χ1v) is 9.46. The molecule has 1 aromatic rings. The van der Waals surface area contributed by atoms with Crippen LogP contribution in [0.2, 0.25) is 0 Å². The normalized spacial score (nSPS) is 21.3. The number of rotatable bonds is 4. The van der Waals surface area contributed by atoms with Gasteiger partial charge in [-0.2, -0.15) is 11.8 Å². The summed E-state index contributed by atoms with van der Waals surface area (Å²) < 4.78 is 5.29. The topological polar surface area (TPSA) is 70.7 Å². The smallest absolute Gasteiger partial charge is 0.256 e. The van der Waals surface area contributed by atoms with Crippen molar-refractivity contribution in [2.75, 3.05) is 49.7 Å². The standard InChI is InChI=1S/C17H23N3O3S/c21-16(11-13-12-24-10-5-18-13)19-15-4-2-1-3-14(15)17(22)20-6-8-23-9-7-20/h1-4,13,18H,5-12H2,(H,19,21). The van der Waals surface area contributed by atoms with E-state index in [2.05, 4.69) is 10.6 Å². The third-order valence-electron chi connectivity index (χ3n) is 4.16. The molecule has 1 atom stereocenters. The van der Waals surface area contributed by atoms with Gasteiger partial charge in [0.2, 0.25) is 5.91 Å². The SMILES string of the molecule is O=C(CC1CSCCN1)Nc1ccccc1C(=O)N1CCOCC1. The number of morpholine rings is 1. The van der Waals surface area contributed by atoms with Gasteiger partial charge in [0.1, 0.15) is 0 Å². The maximum Gasteiger partial charge on any atom is 0.256 e. The zero-order valence-electron chi connectivity index (χ0n) is 13.6. The van der Waals surface area contributed by atoms with Gasteiger partial charge in [0, 0.05) is 43.6 Å². The van der Waals surface area contributed by atoms with E-state index in [1.165, 1.54) is 0 Å². The number of benzene rings is 1. The molecule has 1 aromatic carbocycles. The molecule has 2 N–H and O–H groups in total. The first kappa shape index (κ1) is 17.3. The summed E-state index contributed by atoms with van der Waals surface area (Å²) in [5, 5.41) is 6.27. The molecule has 2 aliphatic rings. The second-order valence-corrected chi connectivity index (χ2v) is 7.08. The lowest BCUT2D eigenvalue weighted by Crippen LogP contribution is -2.41. The van der Waals surface area contributed by atoms with Gasteiger partial charge in [0.05, 0.1) is 24.5 Å². The summed E-state index contributed by atoms with van der Waals surface area (Å²) in [5.41, 5.74) is 1.13. The van der Waals surface area contributed by atoms with Crippen molar-refractivity contribution in [2.45, 2.75) is 12.5 Å². The number of para-hydroxylation sites is 1. The molecule has 24 heavy (non-hydrogen) atoms. The predicted molar refractivity (Wildman–Crippen MR) is 95.5 cm³/mol. The van der Waals surface area contributed by atoms with Crippen LogP contribution in [0.5, 0.6) is 0 Å². The molecule has 3 rings (SSSR count). The number of carbonyl (C=O) groups is 2. The molecule has 2 aliphatic heterocycles. The molecule has 0 spiro atoms. The van der Waals surface area contributed by atoms with Crippen LogP contribution in [0.3, 0.4) is 0 Å². The van der Waals surface area contributed by atoms with E-state index in [-0.39, 0.29) is 17.9 Å². The number of amides is 2. The second-order valence-electron chi connectivity index (χ2n) is 5.93. The van der Waals surface area contributed by atoms with Crippen molar-refractivity contribution >= 4 is 29.3 Å². The number of nitrogens with one attached hydrogen (secondary N) is 2. The van der Waals surface area contributed by atoms with Crippen LogP contribution in [0.15, 0.2) is 24.3 Å². The minimum atomic E-state index is -0.0581. The van der Waals surface area contributed by atoms with Crippen LogP contribution in [0.4, 0.5) is 5.69 Å². The molecule has 0 saturated carbocycles. The van der Waals surface area contributed by atoms with Gasteiger partial charge in [-0.15, -0.1) is 0 Å². The van der Waals surface area contributed by atoms with E-state index in [0.717, 1.165) is 18.1 Å². The zero-order chi connectivity index (χ0) is 16.8. The van der Waals surface area contributed by atoms with E-state index < -0.39 is 0 Å². The Balaban J connectivity index is 1.64. The van der Waals surface area contributed by atoms with E-state index >= 15 is 0 Å². The Bertz CT molecular complexity index is 584. The van der Waals surface area contributed by atoms with Crippen LogP contribution < -0.4 is 10.6 Å². The van der Waals surface area contributed by atoms with Crippen molar-refractivity contribution in [3.63, 3.8) is 0 Å². The van der Waals surface area contributed by atoms with Crippen LogP contribution >= 0.6 is 11.8 Å². The molecule has 1 unspecified atom stereocenters. The third kappa shape index (κ3) is 4.49. The van der Waals surface area contributed by atoms with Crippen molar-refractivity contribution in [1.29, 1.82) is 0 Å². The van der Waals surface area contributed by atoms with Crippen molar-refractivity contribution in [2.24, 2.45) is 0 Å². The first-order valence-electron chi connectivity index (χ1n) is 8.31. The van der Waals surface area contributed by atoms with Gasteiger partial charge in [-0.1, -0.05) is 12.1 Å². The van der Waals surface area contributed by atoms with Gasteiger partial charge < -0.3 is 20.3 Å². The summed E-state index contributed by atoms with van der Waals surface area (Å²) in [6.07, 6.45) is 0.424. The van der Waals surface area contributed by atoms with Gasteiger partial charge in [-0.05, 0) is 12.1 Å². The number of ether oxygens (including phenoxy) is 1. The maximum absolute atomic E-state index is 12.7. The highest BCUT2D eigenvalue weighted by Crippen LogP contribution is 2.19. The number of nitrogens with zero attached hydrogens (tertiary/aromatic N) is 1. The molecule has 2 heterocycles. The van der Waals surface area contributed by atoms with E-state index in [0.29, 0.717) is 44.0 Å². The molecule has 130 valence electrons. The maximum atomic E-state index is 12.7.